The van der Waals surface area contributed by atoms with Crippen LogP contribution in [-0.4, -0.2) is 36.8 Å². The van der Waals surface area contributed by atoms with Gasteiger partial charge in [-0.15, -0.1) is 0 Å². The normalized spacial score (nSPS) is 37.7. The van der Waals surface area contributed by atoms with Gasteiger partial charge in [-0.3, -0.25) is 4.79 Å². The van der Waals surface area contributed by atoms with Crippen molar-refractivity contribution >= 4 is 15.9 Å². The van der Waals surface area contributed by atoms with Crippen molar-refractivity contribution in [2.75, 3.05) is 6.54 Å². The molecule has 1 unspecified atom stereocenters. The van der Waals surface area contributed by atoms with E-state index in [0.717, 1.165) is 49.9 Å². The van der Waals surface area contributed by atoms with Crippen molar-refractivity contribution in [3.05, 3.63) is 30.3 Å². The molecule has 1 N–H and O–H groups in total. The SMILES string of the molecule is O=C(NC12CC3CC(CC(C3)C1)C2)C1CCCCN1S(=O)(=O)c1ccccc1. The summed E-state index contributed by atoms with van der Waals surface area (Å²) >= 11 is 0. The summed E-state index contributed by atoms with van der Waals surface area (Å²) in [6.45, 7) is 0.427. The number of carbonyl (C=O) groups is 1. The summed E-state index contributed by atoms with van der Waals surface area (Å²) in [5, 5.41) is 3.40. The topological polar surface area (TPSA) is 66.5 Å². The van der Waals surface area contributed by atoms with Crippen LogP contribution in [0.15, 0.2) is 35.2 Å². The molecule has 6 heteroatoms. The number of benzene rings is 1. The fourth-order valence-corrected chi connectivity index (χ4v) is 8.47. The second kappa shape index (κ2) is 6.84. The molecule has 5 fully saturated rings. The monoisotopic (exact) mass is 402 g/mol. The van der Waals surface area contributed by atoms with Crippen molar-refractivity contribution in [2.24, 2.45) is 17.8 Å². The molecule has 0 radical (unpaired) electrons. The molecule has 1 saturated heterocycles. The van der Waals surface area contributed by atoms with Crippen molar-refractivity contribution in [3.8, 4) is 0 Å². The van der Waals surface area contributed by atoms with E-state index in [-0.39, 0.29) is 16.3 Å². The van der Waals surface area contributed by atoms with Crippen LogP contribution in [0.25, 0.3) is 0 Å². The smallest absolute Gasteiger partial charge is 0.243 e. The van der Waals surface area contributed by atoms with Crippen LogP contribution in [0.1, 0.15) is 57.8 Å². The van der Waals surface area contributed by atoms with E-state index in [1.54, 1.807) is 24.3 Å². The van der Waals surface area contributed by atoms with Gasteiger partial charge in [0.05, 0.1) is 4.90 Å². The van der Waals surface area contributed by atoms with Crippen molar-refractivity contribution in [3.63, 3.8) is 0 Å². The van der Waals surface area contributed by atoms with Gasteiger partial charge in [-0.05, 0) is 81.3 Å². The molecule has 4 bridgehead atoms. The minimum Gasteiger partial charge on any atom is -0.349 e. The standard InChI is InChI=1S/C22H30N2O3S/c25-21(23-22-13-16-10-17(14-22)12-18(11-16)15-22)20-8-4-5-9-24(20)28(26,27)19-6-2-1-3-7-19/h1-3,6-7,16-18,20H,4-5,8-15H2,(H,23,25). The molecular formula is C22H30N2O3S. The maximum atomic E-state index is 13.4. The largest absolute Gasteiger partial charge is 0.349 e. The van der Waals surface area contributed by atoms with Gasteiger partial charge in [0.1, 0.15) is 6.04 Å². The van der Waals surface area contributed by atoms with Crippen molar-refractivity contribution in [1.82, 2.24) is 9.62 Å². The van der Waals surface area contributed by atoms with Gasteiger partial charge in [-0.1, -0.05) is 24.6 Å². The quantitative estimate of drug-likeness (QED) is 0.840. The predicted molar refractivity (Wildman–Crippen MR) is 107 cm³/mol. The Bertz CT molecular complexity index is 817. The maximum Gasteiger partial charge on any atom is 0.243 e. The van der Waals surface area contributed by atoms with Gasteiger partial charge in [0.25, 0.3) is 0 Å². The summed E-state index contributed by atoms with van der Waals surface area (Å²) in [5.41, 5.74) is -0.0779. The molecule has 4 saturated carbocycles. The lowest BCUT2D eigenvalue weighted by Gasteiger charge is -2.57. The highest BCUT2D eigenvalue weighted by Crippen LogP contribution is 2.55. The van der Waals surface area contributed by atoms with Crippen LogP contribution in [0, 0.1) is 17.8 Å². The molecular weight excluding hydrogens is 372 g/mol. The first-order valence-corrected chi connectivity index (χ1v) is 12.3. The minimum atomic E-state index is -3.65. The zero-order chi connectivity index (χ0) is 19.4. The molecule has 5 aliphatic rings. The number of carbonyl (C=O) groups excluding carboxylic acids is 1. The van der Waals surface area contributed by atoms with E-state index >= 15 is 0 Å². The average molecular weight is 403 g/mol. The molecule has 1 aliphatic heterocycles. The Morgan fingerprint density at radius 1 is 0.964 bits per heavy atom. The predicted octanol–water partition coefficient (Wildman–Crippen LogP) is 3.31. The number of hydrogen-bond acceptors (Lipinski definition) is 3. The lowest BCUT2D eigenvalue weighted by molar-refractivity contribution is -0.131. The number of hydrogen-bond donors (Lipinski definition) is 1. The molecule has 4 aliphatic carbocycles. The summed E-state index contributed by atoms with van der Waals surface area (Å²) in [6.07, 6.45) is 9.57. The first-order valence-electron chi connectivity index (χ1n) is 10.8. The molecule has 0 aromatic heterocycles. The van der Waals surface area contributed by atoms with Crippen LogP contribution >= 0.6 is 0 Å². The van der Waals surface area contributed by atoms with Gasteiger partial charge < -0.3 is 5.32 Å². The highest BCUT2D eigenvalue weighted by Gasteiger charge is 2.52. The third-order valence-corrected chi connectivity index (χ3v) is 9.46. The molecule has 0 spiro atoms. The van der Waals surface area contributed by atoms with Gasteiger partial charge in [-0.25, -0.2) is 8.42 Å². The highest BCUT2D eigenvalue weighted by atomic mass is 32.2. The second-order valence-electron chi connectivity index (χ2n) is 9.63. The lowest BCUT2D eigenvalue weighted by Crippen LogP contribution is -2.63. The Balaban J connectivity index is 1.37. The first kappa shape index (κ1) is 18.6. The Labute approximate surface area is 167 Å². The van der Waals surface area contributed by atoms with Gasteiger partial charge in [-0.2, -0.15) is 4.31 Å². The lowest BCUT2D eigenvalue weighted by atomic mass is 9.53. The van der Waals surface area contributed by atoms with Crippen LogP contribution < -0.4 is 5.32 Å². The van der Waals surface area contributed by atoms with Crippen LogP contribution in [0.3, 0.4) is 0 Å². The summed E-state index contributed by atoms with van der Waals surface area (Å²) in [6, 6.07) is 7.96. The van der Waals surface area contributed by atoms with E-state index in [9.17, 15) is 13.2 Å². The van der Waals surface area contributed by atoms with Crippen LogP contribution in [-0.2, 0) is 14.8 Å². The Morgan fingerprint density at radius 3 is 2.18 bits per heavy atom. The van der Waals surface area contributed by atoms with Crippen molar-refractivity contribution in [2.45, 2.75) is 74.3 Å². The van der Waals surface area contributed by atoms with E-state index < -0.39 is 16.1 Å². The van der Waals surface area contributed by atoms with Crippen molar-refractivity contribution < 1.29 is 13.2 Å². The Morgan fingerprint density at radius 2 is 1.57 bits per heavy atom. The summed E-state index contributed by atoms with van der Waals surface area (Å²) in [4.78, 5) is 13.6. The first-order chi connectivity index (χ1) is 13.5. The molecule has 152 valence electrons. The molecule has 28 heavy (non-hydrogen) atoms. The van der Waals surface area contributed by atoms with Crippen LogP contribution in [0.2, 0.25) is 0 Å². The molecule has 1 heterocycles. The maximum absolute atomic E-state index is 13.4. The van der Waals surface area contributed by atoms with Gasteiger partial charge >= 0.3 is 0 Å². The molecule has 1 aromatic carbocycles. The minimum absolute atomic E-state index is 0.0684. The third-order valence-electron chi connectivity index (χ3n) is 7.53. The highest BCUT2D eigenvalue weighted by molar-refractivity contribution is 7.89. The molecule has 6 rings (SSSR count). The number of nitrogens with zero attached hydrogens (tertiary/aromatic N) is 1. The zero-order valence-electron chi connectivity index (χ0n) is 16.3. The summed E-state index contributed by atoms with van der Waals surface area (Å²) in [5.74, 6) is 2.19. The van der Waals surface area contributed by atoms with E-state index in [1.807, 2.05) is 6.07 Å². The number of nitrogens with one attached hydrogen (secondary N) is 1. The molecule has 1 amide bonds. The van der Waals surface area contributed by atoms with Crippen LogP contribution in [0.4, 0.5) is 0 Å². The number of piperidine rings is 1. The molecule has 1 aromatic rings. The number of sulfonamides is 1. The van der Waals surface area contributed by atoms with Gasteiger partial charge in [0.2, 0.25) is 15.9 Å². The fraction of sp³-hybridized carbons (Fsp3) is 0.682. The molecule has 1 atom stereocenters. The number of amides is 1. The van der Waals surface area contributed by atoms with E-state index in [2.05, 4.69) is 5.32 Å². The summed E-state index contributed by atoms with van der Waals surface area (Å²) in [7, 11) is -3.65. The van der Waals surface area contributed by atoms with Crippen molar-refractivity contribution in [1.29, 1.82) is 0 Å². The third kappa shape index (κ3) is 3.18. The van der Waals surface area contributed by atoms with Gasteiger partial charge in [0.15, 0.2) is 0 Å². The molecule has 5 nitrogen and oxygen atoms in total. The Hall–Kier alpha value is -1.40. The fourth-order valence-electron chi connectivity index (χ4n) is 6.79. The van der Waals surface area contributed by atoms with E-state index in [4.69, 9.17) is 0 Å². The second-order valence-corrected chi connectivity index (χ2v) is 11.5. The average Bonchev–Trinajstić information content (AvgIpc) is 2.67. The van der Waals surface area contributed by atoms with Crippen LogP contribution in [0.5, 0.6) is 0 Å². The summed E-state index contributed by atoms with van der Waals surface area (Å²) < 4.78 is 27.9. The van der Waals surface area contributed by atoms with E-state index in [1.165, 1.54) is 23.6 Å². The van der Waals surface area contributed by atoms with Gasteiger partial charge in [0, 0.05) is 12.1 Å². The zero-order valence-corrected chi connectivity index (χ0v) is 17.2. The Kier molecular flexibility index (Phi) is 4.55. The van der Waals surface area contributed by atoms with E-state index in [0.29, 0.717) is 13.0 Å². The number of rotatable bonds is 4.